The van der Waals surface area contributed by atoms with Gasteiger partial charge in [0.15, 0.2) is 0 Å². The van der Waals surface area contributed by atoms with Gasteiger partial charge in [-0.15, -0.1) is 11.3 Å². The number of thiophene rings is 1. The van der Waals surface area contributed by atoms with E-state index in [1.165, 1.54) is 0 Å². The molecule has 0 saturated carbocycles. The molecule has 5 nitrogen and oxygen atoms in total. The SMILES string of the molecule is Cc1oc(-c2cccs2)nc1CC(=O)NCC(O)C(C)(C)C. The fraction of sp³-hybridized carbons (Fsp3) is 0.500. The number of carbonyl (C=O) groups excluding carboxylic acids is 1. The van der Waals surface area contributed by atoms with Gasteiger partial charge < -0.3 is 14.8 Å². The number of aliphatic hydroxyl groups excluding tert-OH is 1. The molecule has 1 amide bonds. The molecule has 1 atom stereocenters. The van der Waals surface area contributed by atoms with Crippen molar-refractivity contribution in [1.29, 1.82) is 0 Å². The lowest BCUT2D eigenvalue weighted by atomic mass is 9.89. The third-order valence-corrected chi connectivity index (χ3v) is 4.30. The largest absolute Gasteiger partial charge is 0.440 e. The molecule has 0 radical (unpaired) electrons. The van der Waals surface area contributed by atoms with Gasteiger partial charge in [-0.05, 0) is 23.8 Å². The van der Waals surface area contributed by atoms with E-state index < -0.39 is 6.10 Å². The summed E-state index contributed by atoms with van der Waals surface area (Å²) in [6, 6.07) is 3.86. The molecule has 0 saturated heterocycles. The average Bonchev–Trinajstić information content (AvgIpc) is 3.05. The van der Waals surface area contributed by atoms with Crippen molar-refractivity contribution < 1.29 is 14.3 Å². The van der Waals surface area contributed by atoms with E-state index in [1.54, 1.807) is 18.3 Å². The number of aryl methyl sites for hydroxylation is 1. The number of oxazole rings is 1. The molecule has 0 bridgehead atoms. The number of amides is 1. The first-order valence-electron chi connectivity index (χ1n) is 7.22. The molecule has 0 aliphatic carbocycles. The topological polar surface area (TPSA) is 75.4 Å². The Hall–Kier alpha value is -1.66. The van der Waals surface area contributed by atoms with Crippen molar-refractivity contribution in [1.82, 2.24) is 10.3 Å². The third-order valence-electron chi connectivity index (χ3n) is 3.44. The van der Waals surface area contributed by atoms with Gasteiger partial charge in [-0.3, -0.25) is 4.79 Å². The Bertz CT molecular complexity index is 626. The summed E-state index contributed by atoms with van der Waals surface area (Å²) in [5.74, 6) is 1.03. The predicted molar refractivity (Wildman–Crippen MR) is 86.7 cm³/mol. The zero-order valence-electron chi connectivity index (χ0n) is 13.3. The van der Waals surface area contributed by atoms with Crippen LogP contribution in [0.3, 0.4) is 0 Å². The number of carbonyl (C=O) groups is 1. The highest BCUT2D eigenvalue weighted by atomic mass is 32.1. The average molecular weight is 322 g/mol. The van der Waals surface area contributed by atoms with Gasteiger partial charge in [0.1, 0.15) is 5.76 Å². The third kappa shape index (κ3) is 4.18. The maximum atomic E-state index is 12.0. The van der Waals surface area contributed by atoms with E-state index in [4.69, 9.17) is 4.42 Å². The Kier molecular flexibility index (Phi) is 5.03. The van der Waals surface area contributed by atoms with E-state index in [9.17, 15) is 9.90 Å². The van der Waals surface area contributed by atoms with Crippen LogP contribution in [0.1, 0.15) is 32.2 Å². The minimum absolute atomic E-state index is 0.150. The Morgan fingerprint density at radius 1 is 1.50 bits per heavy atom. The highest BCUT2D eigenvalue weighted by Crippen LogP contribution is 2.26. The number of hydrogen-bond acceptors (Lipinski definition) is 5. The molecule has 120 valence electrons. The molecule has 0 aromatic carbocycles. The number of aromatic nitrogens is 1. The standard InChI is InChI=1S/C16H22N2O3S/c1-10-11(18-15(21-10)12-6-5-7-22-12)8-14(20)17-9-13(19)16(2,3)4/h5-7,13,19H,8-9H2,1-4H3,(H,17,20). The summed E-state index contributed by atoms with van der Waals surface area (Å²) in [7, 11) is 0. The van der Waals surface area contributed by atoms with Crippen molar-refractivity contribution in [2.75, 3.05) is 6.54 Å². The minimum atomic E-state index is -0.587. The maximum absolute atomic E-state index is 12.0. The van der Waals surface area contributed by atoms with E-state index in [0.29, 0.717) is 17.3 Å². The van der Waals surface area contributed by atoms with Crippen LogP contribution in [0.2, 0.25) is 0 Å². The maximum Gasteiger partial charge on any atom is 0.236 e. The second-order valence-electron chi connectivity index (χ2n) is 6.36. The molecule has 2 heterocycles. The molecule has 2 aromatic heterocycles. The smallest absolute Gasteiger partial charge is 0.236 e. The lowest BCUT2D eigenvalue weighted by Crippen LogP contribution is -2.39. The molecule has 22 heavy (non-hydrogen) atoms. The van der Waals surface area contributed by atoms with Gasteiger partial charge in [-0.1, -0.05) is 26.8 Å². The fourth-order valence-electron chi connectivity index (χ4n) is 1.83. The molecule has 2 N–H and O–H groups in total. The summed E-state index contributed by atoms with van der Waals surface area (Å²) < 4.78 is 5.61. The molecular weight excluding hydrogens is 300 g/mol. The lowest BCUT2D eigenvalue weighted by molar-refractivity contribution is -0.121. The van der Waals surface area contributed by atoms with Crippen LogP contribution in [0.25, 0.3) is 10.8 Å². The van der Waals surface area contributed by atoms with E-state index >= 15 is 0 Å². The second-order valence-corrected chi connectivity index (χ2v) is 7.31. The van der Waals surface area contributed by atoms with Gasteiger partial charge in [0, 0.05) is 6.54 Å². The molecular formula is C16H22N2O3S. The van der Waals surface area contributed by atoms with Gasteiger partial charge in [-0.25, -0.2) is 4.98 Å². The van der Waals surface area contributed by atoms with Gasteiger partial charge in [0.05, 0.1) is 23.1 Å². The highest BCUT2D eigenvalue weighted by molar-refractivity contribution is 7.13. The summed E-state index contributed by atoms with van der Waals surface area (Å²) in [4.78, 5) is 17.3. The first-order chi connectivity index (χ1) is 10.3. The zero-order valence-corrected chi connectivity index (χ0v) is 14.2. The molecule has 2 rings (SSSR count). The van der Waals surface area contributed by atoms with Crippen LogP contribution >= 0.6 is 11.3 Å². The summed E-state index contributed by atoms with van der Waals surface area (Å²) >= 11 is 1.54. The van der Waals surface area contributed by atoms with Gasteiger partial charge >= 0.3 is 0 Å². The predicted octanol–water partition coefficient (Wildman–Crippen LogP) is 2.78. The first kappa shape index (κ1) is 16.7. The van der Waals surface area contributed by atoms with Crippen molar-refractivity contribution in [3.8, 4) is 10.8 Å². The quantitative estimate of drug-likeness (QED) is 0.887. The van der Waals surface area contributed by atoms with E-state index in [1.807, 2.05) is 38.3 Å². The van der Waals surface area contributed by atoms with Crippen molar-refractivity contribution in [3.63, 3.8) is 0 Å². The van der Waals surface area contributed by atoms with Crippen LogP contribution in [0, 0.1) is 12.3 Å². The normalized spacial score (nSPS) is 13.1. The van der Waals surface area contributed by atoms with Gasteiger partial charge in [0.25, 0.3) is 0 Å². The zero-order chi connectivity index (χ0) is 16.3. The Labute approximate surface area is 134 Å². The van der Waals surface area contributed by atoms with Crippen molar-refractivity contribution in [3.05, 3.63) is 29.0 Å². The molecule has 0 spiro atoms. The first-order valence-corrected chi connectivity index (χ1v) is 8.10. The van der Waals surface area contributed by atoms with E-state index in [0.717, 1.165) is 4.88 Å². The monoisotopic (exact) mass is 322 g/mol. The summed E-state index contributed by atoms with van der Waals surface area (Å²) in [6.45, 7) is 7.82. The molecule has 6 heteroatoms. The van der Waals surface area contributed by atoms with Crippen molar-refractivity contribution >= 4 is 17.2 Å². The molecule has 2 aromatic rings. The molecule has 0 fully saturated rings. The van der Waals surface area contributed by atoms with E-state index in [2.05, 4.69) is 10.3 Å². The number of nitrogens with zero attached hydrogens (tertiary/aromatic N) is 1. The number of hydrogen-bond donors (Lipinski definition) is 2. The van der Waals surface area contributed by atoms with Crippen LogP contribution < -0.4 is 5.32 Å². The van der Waals surface area contributed by atoms with Crippen LogP contribution in [0.4, 0.5) is 0 Å². The Morgan fingerprint density at radius 3 is 2.82 bits per heavy atom. The Morgan fingerprint density at radius 2 is 2.23 bits per heavy atom. The second kappa shape index (κ2) is 6.62. The number of aliphatic hydroxyl groups is 1. The fourth-order valence-corrected chi connectivity index (χ4v) is 2.48. The number of rotatable bonds is 5. The van der Waals surface area contributed by atoms with Crippen LogP contribution in [-0.2, 0) is 11.2 Å². The molecule has 1 unspecified atom stereocenters. The van der Waals surface area contributed by atoms with E-state index in [-0.39, 0.29) is 24.3 Å². The van der Waals surface area contributed by atoms with Gasteiger partial charge in [-0.2, -0.15) is 0 Å². The highest BCUT2D eigenvalue weighted by Gasteiger charge is 2.23. The number of nitrogens with one attached hydrogen (secondary N) is 1. The summed E-state index contributed by atoms with van der Waals surface area (Å²) in [5.41, 5.74) is 0.370. The van der Waals surface area contributed by atoms with Crippen molar-refractivity contribution in [2.45, 2.75) is 40.2 Å². The van der Waals surface area contributed by atoms with Crippen LogP contribution in [0.15, 0.2) is 21.9 Å². The lowest BCUT2D eigenvalue weighted by Gasteiger charge is -2.25. The minimum Gasteiger partial charge on any atom is -0.440 e. The Balaban J connectivity index is 1.95. The van der Waals surface area contributed by atoms with Crippen LogP contribution in [-0.4, -0.2) is 28.6 Å². The summed E-state index contributed by atoms with van der Waals surface area (Å²) in [6.07, 6.45) is -0.436. The molecule has 0 aliphatic rings. The van der Waals surface area contributed by atoms with Gasteiger partial charge in [0.2, 0.25) is 11.8 Å². The molecule has 0 aliphatic heterocycles. The van der Waals surface area contributed by atoms with Crippen LogP contribution in [0.5, 0.6) is 0 Å². The van der Waals surface area contributed by atoms with Crippen molar-refractivity contribution in [2.24, 2.45) is 5.41 Å². The summed E-state index contributed by atoms with van der Waals surface area (Å²) in [5, 5.41) is 14.6.